The molecule has 9 nitrogen and oxygen atoms in total. The second-order valence-electron chi connectivity index (χ2n) is 4.78. The first-order chi connectivity index (χ1) is 10.9. The van der Waals surface area contributed by atoms with E-state index < -0.39 is 30.2 Å². The molecule has 1 unspecified atom stereocenters. The summed E-state index contributed by atoms with van der Waals surface area (Å²) in [6, 6.07) is 3.85. The van der Waals surface area contributed by atoms with Crippen molar-refractivity contribution in [3.05, 3.63) is 41.9 Å². The number of hydrogen-bond donors (Lipinski definition) is 3. The summed E-state index contributed by atoms with van der Waals surface area (Å²) in [5, 5.41) is 15.3. The summed E-state index contributed by atoms with van der Waals surface area (Å²) in [6.45, 7) is 1.65. The Labute approximate surface area is 131 Å². The Hall–Kier alpha value is -3.23. The van der Waals surface area contributed by atoms with E-state index in [0.29, 0.717) is 11.5 Å². The van der Waals surface area contributed by atoms with Gasteiger partial charge in [0.25, 0.3) is 5.91 Å². The lowest BCUT2D eigenvalue weighted by molar-refractivity contribution is -0.140. The first-order valence-electron chi connectivity index (χ1n) is 6.68. The molecular formula is C14H15N5O4. The summed E-state index contributed by atoms with van der Waals surface area (Å²) >= 11 is 0. The summed E-state index contributed by atoms with van der Waals surface area (Å²) < 4.78 is 1.46. The van der Waals surface area contributed by atoms with E-state index in [0.717, 1.165) is 0 Å². The van der Waals surface area contributed by atoms with E-state index in [-0.39, 0.29) is 5.56 Å². The van der Waals surface area contributed by atoms with Gasteiger partial charge in [0.1, 0.15) is 6.04 Å². The molecule has 23 heavy (non-hydrogen) atoms. The van der Waals surface area contributed by atoms with Crippen LogP contribution in [0.4, 0.5) is 0 Å². The van der Waals surface area contributed by atoms with Crippen molar-refractivity contribution in [3.63, 3.8) is 0 Å². The maximum atomic E-state index is 12.2. The molecular weight excluding hydrogens is 302 g/mol. The van der Waals surface area contributed by atoms with Gasteiger partial charge < -0.3 is 16.2 Å². The van der Waals surface area contributed by atoms with Crippen molar-refractivity contribution in [3.8, 4) is 5.82 Å². The van der Waals surface area contributed by atoms with E-state index in [4.69, 9.17) is 10.8 Å². The lowest BCUT2D eigenvalue weighted by atomic mass is 10.1. The number of nitrogens with zero attached hydrogens (tertiary/aromatic N) is 3. The Balaban J connectivity index is 2.22. The number of carbonyl (C=O) groups excluding carboxylic acids is 2. The van der Waals surface area contributed by atoms with Gasteiger partial charge in [0.15, 0.2) is 5.82 Å². The minimum atomic E-state index is -1.39. The zero-order chi connectivity index (χ0) is 17.0. The van der Waals surface area contributed by atoms with Gasteiger partial charge in [0.05, 0.1) is 23.9 Å². The fourth-order valence-corrected chi connectivity index (χ4v) is 1.98. The fraction of sp³-hybridized carbons (Fsp3) is 0.214. The largest absolute Gasteiger partial charge is 0.480 e. The molecule has 0 aliphatic carbocycles. The van der Waals surface area contributed by atoms with Gasteiger partial charge in [0.2, 0.25) is 5.91 Å². The van der Waals surface area contributed by atoms with E-state index in [1.54, 1.807) is 31.3 Å². The van der Waals surface area contributed by atoms with Gasteiger partial charge in [-0.15, -0.1) is 0 Å². The predicted molar refractivity (Wildman–Crippen MR) is 78.8 cm³/mol. The number of carbonyl (C=O) groups is 3. The van der Waals surface area contributed by atoms with Gasteiger partial charge in [-0.2, -0.15) is 5.10 Å². The predicted octanol–water partition coefficient (Wildman–Crippen LogP) is -0.366. The third-order valence-corrected chi connectivity index (χ3v) is 3.13. The van der Waals surface area contributed by atoms with Crippen molar-refractivity contribution in [1.29, 1.82) is 0 Å². The summed E-state index contributed by atoms with van der Waals surface area (Å²) in [5.41, 5.74) is 5.65. The number of pyridine rings is 1. The van der Waals surface area contributed by atoms with Crippen LogP contribution in [0.5, 0.6) is 0 Å². The Morgan fingerprint density at radius 3 is 2.70 bits per heavy atom. The van der Waals surface area contributed by atoms with Crippen LogP contribution in [0, 0.1) is 6.92 Å². The number of carboxylic acids is 1. The molecule has 120 valence electrons. The van der Waals surface area contributed by atoms with Crippen LogP contribution in [0.1, 0.15) is 22.5 Å². The Kier molecular flexibility index (Phi) is 4.69. The third kappa shape index (κ3) is 3.70. The summed E-state index contributed by atoms with van der Waals surface area (Å²) in [6.07, 6.45) is 2.40. The molecule has 0 radical (unpaired) electrons. The van der Waals surface area contributed by atoms with Crippen molar-refractivity contribution >= 4 is 17.8 Å². The van der Waals surface area contributed by atoms with Gasteiger partial charge in [-0.1, -0.05) is 6.07 Å². The first kappa shape index (κ1) is 16.1. The Morgan fingerprint density at radius 2 is 2.13 bits per heavy atom. The van der Waals surface area contributed by atoms with E-state index in [1.165, 1.54) is 10.9 Å². The van der Waals surface area contributed by atoms with Crippen LogP contribution in [0.2, 0.25) is 0 Å². The average Bonchev–Trinajstić information content (AvgIpc) is 2.88. The lowest BCUT2D eigenvalue weighted by Gasteiger charge is -2.12. The molecule has 0 saturated carbocycles. The second-order valence-corrected chi connectivity index (χ2v) is 4.78. The van der Waals surface area contributed by atoms with Crippen LogP contribution < -0.4 is 11.1 Å². The molecule has 2 amide bonds. The van der Waals surface area contributed by atoms with Crippen LogP contribution >= 0.6 is 0 Å². The molecule has 0 bridgehead atoms. The van der Waals surface area contributed by atoms with E-state index >= 15 is 0 Å². The lowest BCUT2D eigenvalue weighted by Crippen LogP contribution is -2.43. The number of carboxylic acid groups (broad SMARTS) is 1. The molecule has 0 aliphatic rings. The first-order valence-corrected chi connectivity index (χ1v) is 6.68. The quantitative estimate of drug-likeness (QED) is 0.664. The molecule has 4 N–H and O–H groups in total. The van der Waals surface area contributed by atoms with Crippen LogP contribution in [-0.2, 0) is 9.59 Å². The smallest absolute Gasteiger partial charge is 0.326 e. The van der Waals surface area contributed by atoms with Crippen molar-refractivity contribution in [2.24, 2.45) is 5.73 Å². The van der Waals surface area contributed by atoms with Crippen LogP contribution in [0.15, 0.2) is 30.6 Å². The van der Waals surface area contributed by atoms with Gasteiger partial charge in [-0.05, 0) is 19.1 Å². The molecule has 9 heteroatoms. The van der Waals surface area contributed by atoms with Crippen molar-refractivity contribution in [2.45, 2.75) is 19.4 Å². The van der Waals surface area contributed by atoms with Gasteiger partial charge >= 0.3 is 5.97 Å². The van der Waals surface area contributed by atoms with Gasteiger partial charge in [-0.25, -0.2) is 14.5 Å². The number of amides is 2. The highest BCUT2D eigenvalue weighted by atomic mass is 16.4. The average molecular weight is 317 g/mol. The molecule has 0 fully saturated rings. The second kappa shape index (κ2) is 6.69. The van der Waals surface area contributed by atoms with E-state index in [1.807, 2.05) is 0 Å². The molecule has 0 saturated heterocycles. The molecule has 0 aromatic carbocycles. The SMILES string of the molecule is Cc1c(C(=O)NC(CC(N)=O)C(=O)O)cnn1-c1ccccn1. The standard InChI is InChI=1S/C14H15N5O4/c1-8-9(7-17-19(8)12-4-2-3-5-16-12)13(21)18-10(14(22)23)6-11(15)20/h2-5,7,10H,6H2,1H3,(H2,15,20)(H,18,21)(H,22,23). The molecule has 0 aliphatic heterocycles. The number of hydrogen-bond acceptors (Lipinski definition) is 5. The zero-order valence-electron chi connectivity index (χ0n) is 12.3. The number of rotatable bonds is 6. The molecule has 2 aromatic heterocycles. The van der Waals surface area contributed by atoms with E-state index in [9.17, 15) is 14.4 Å². The monoisotopic (exact) mass is 317 g/mol. The number of aliphatic carboxylic acids is 1. The summed E-state index contributed by atoms with van der Waals surface area (Å²) in [4.78, 5) is 38.3. The van der Waals surface area contributed by atoms with Gasteiger partial charge in [-0.3, -0.25) is 9.59 Å². The van der Waals surface area contributed by atoms with Crippen molar-refractivity contribution in [2.75, 3.05) is 0 Å². The molecule has 2 aromatic rings. The molecule has 0 spiro atoms. The maximum Gasteiger partial charge on any atom is 0.326 e. The normalized spacial score (nSPS) is 11.7. The Bertz CT molecular complexity index is 741. The topological polar surface area (TPSA) is 140 Å². The van der Waals surface area contributed by atoms with E-state index in [2.05, 4.69) is 15.4 Å². The van der Waals surface area contributed by atoms with Crippen LogP contribution in [0.3, 0.4) is 0 Å². The highest BCUT2D eigenvalue weighted by Crippen LogP contribution is 2.12. The summed E-state index contributed by atoms with van der Waals surface area (Å²) in [7, 11) is 0. The fourth-order valence-electron chi connectivity index (χ4n) is 1.98. The number of primary amides is 1. The van der Waals surface area contributed by atoms with Crippen molar-refractivity contribution in [1.82, 2.24) is 20.1 Å². The zero-order valence-corrected chi connectivity index (χ0v) is 12.3. The highest BCUT2D eigenvalue weighted by Gasteiger charge is 2.24. The molecule has 2 rings (SSSR count). The highest BCUT2D eigenvalue weighted by molar-refractivity contribution is 5.98. The minimum Gasteiger partial charge on any atom is -0.480 e. The molecule has 2 heterocycles. The maximum absolute atomic E-state index is 12.2. The number of aromatic nitrogens is 3. The van der Waals surface area contributed by atoms with Crippen LogP contribution in [0.25, 0.3) is 5.82 Å². The number of nitrogens with two attached hydrogens (primary N) is 1. The van der Waals surface area contributed by atoms with Gasteiger partial charge in [0, 0.05) is 6.20 Å². The van der Waals surface area contributed by atoms with Crippen molar-refractivity contribution < 1.29 is 19.5 Å². The van der Waals surface area contributed by atoms with Crippen LogP contribution in [-0.4, -0.2) is 43.7 Å². The number of nitrogens with one attached hydrogen (secondary N) is 1. The molecule has 1 atom stereocenters. The third-order valence-electron chi connectivity index (χ3n) is 3.13. The minimum absolute atomic E-state index is 0.186. The Morgan fingerprint density at radius 1 is 1.39 bits per heavy atom. The summed E-state index contributed by atoms with van der Waals surface area (Å²) in [5.74, 6) is -2.29.